The number of thioether (sulfide) groups is 1. The lowest BCUT2D eigenvalue weighted by molar-refractivity contribution is 0.631. The van der Waals surface area contributed by atoms with Crippen LogP contribution in [0.3, 0.4) is 0 Å². The number of benzene rings is 2. The van der Waals surface area contributed by atoms with Crippen LogP contribution in [0.5, 0.6) is 0 Å². The molecular weight excluding hydrogens is 285 g/mol. The number of nitrogens with zero attached hydrogens (tertiary/aromatic N) is 1. The molecule has 0 aromatic heterocycles. The highest BCUT2D eigenvalue weighted by Gasteiger charge is 2.06. The quantitative estimate of drug-likeness (QED) is 0.670. The van der Waals surface area contributed by atoms with Gasteiger partial charge in [0.05, 0.1) is 0 Å². The predicted molar refractivity (Wildman–Crippen MR) is 88.7 cm³/mol. The first-order chi connectivity index (χ1) is 10.1. The SMILES string of the molecule is CN=C(N)SCC(=N)c1ccc(-c2ccccc2F)cc1. The molecule has 0 fully saturated rings. The van der Waals surface area contributed by atoms with Crippen molar-refractivity contribution in [3.05, 3.63) is 59.9 Å². The molecule has 0 spiro atoms. The first kappa shape index (κ1) is 15.3. The Labute approximate surface area is 127 Å². The maximum Gasteiger partial charge on any atom is 0.154 e. The molecule has 0 amide bonds. The minimum absolute atomic E-state index is 0.247. The minimum Gasteiger partial charge on any atom is -0.379 e. The second-order valence-corrected chi connectivity index (χ2v) is 5.38. The van der Waals surface area contributed by atoms with Crippen LogP contribution in [0.2, 0.25) is 0 Å². The summed E-state index contributed by atoms with van der Waals surface area (Å²) in [5.41, 5.74) is 8.21. The van der Waals surface area contributed by atoms with Crippen LogP contribution in [0.4, 0.5) is 4.39 Å². The molecule has 108 valence electrons. The molecule has 2 aromatic carbocycles. The Morgan fingerprint density at radius 2 is 1.86 bits per heavy atom. The second-order valence-electron chi connectivity index (χ2n) is 4.39. The van der Waals surface area contributed by atoms with E-state index in [0.717, 1.165) is 11.1 Å². The third kappa shape index (κ3) is 3.92. The van der Waals surface area contributed by atoms with Gasteiger partial charge in [-0.15, -0.1) is 0 Å². The molecule has 0 saturated heterocycles. The summed E-state index contributed by atoms with van der Waals surface area (Å²) in [6, 6.07) is 13.9. The summed E-state index contributed by atoms with van der Waals surface area (Å²) in [4.78, 5) is 3.84. The van der Waals surface area contributed by atoms with E-state index in [9.17, 15) is 4.39 Å². The Hall–Kier alpha value is -2.14. The second kappa shape index (κ2) is 7.04. The third-order valence-electron chi connectivity index (χ3n) is 3.00. The molecule has 0 atom stereocenters. The molecule has 0 unspecified atom stereocenters. The highest BCUT2D eigenvalue weighted by atomic mass is 32.2. The number of hydrogen-bond acceptors (Lipinski definition) is 3. The lowest BCUT2D eigenvalue weighted by Crippen LogP contribution is -2.11. The van der Waals surface area contributed by atoms with Gasteiger partial charge in [-0.2, -0.15) is 0 Å². The van der Waals surface area contributed by atoms with Gasteiger partial charge in [0.1, 0.15) is 5.82 Å². The fourth-order valence-electron chi connectivity index (χ4n) is 1.84. The molecule has 0 radical (unpaired) electrons. The van der Waals surface area contributed by atoms with Crippen molar-refractivity contribution in [1.82, 2.24) is 0 Å². The highest BCUT2D eigenvalue weighted by Crippen LogP contribution is 2.23. The van der Waals surface area contributed by atoms with E-state index in [2.05, 4.69) is 4.99 Å². The van der Waals surface area contributed by atoms with Crippen LogP contribution in [0, 0.1) is 11.2 Å². The number of rotatable bonds is 4. The summed E-state index contributed by atoms with van der Waals surface area (Å²) < 4.78 is 13.7. The van der Waals surface area contributed by atoms with Crippen LogP contribution in [-0.2, 0) is 0 Å². The van der Waals surface area contributed by atoms with Gasteiger partial charge in [-0.25, -0.2) is 4.39 Å². The minimum atomic E-state index is -0.247. The maximum atomic E-state index is 13.7. The Balaban J connectivity index is 2.12. The summed E-state index contributed by atoms with van der Waals surface area (Å²) in [5.74, 6) is 0.213. The van der Waals surface area contributed by atoms with E-state index in [4.69, 9.17) is 11.1 Å². The highest BCUT2D eigenvalue weighted by molar-refractivity contribution is 8.14. The van der Waals surface area contributed by atoms with Crippen molar-refractivity contribution in [3.63, 3.8) is 0 Å². The van der Waals surface area contributed by atoms with Gasteiger partial charge in [0, 0.05) is 24.1 Å². The summed E-state index contributed by atoms with van der Waals surface area (Å²) in [5, 5.41) is 8.47. The average Bonchev–Trinajstić information content (AvgIpc) is 2.53. The van der Waals surface area contributed by atoms with E-state index in [-0.39, 0.29) is 5.82 Å². The normalized spacial score (nSPS) is 11.4. The van der Waals surface area contributed by atoms with Crippen LogP contribution < -0.4 is 5.73 Å². The Bertz CT molecular complexity index is 665. The summed E-state index contributed by atoms with van der Waals surface area (Å²) >= 11 is 1.33. The predicted octanol–water partition coefficient (Wildman–Crippen LogP) is 3.54. The summed E-state index contributed by atoms with van der Waals surface area (Å²) in [6.45, 7) is 0. The standard InChI is InChI=1S/C16H16FN3S/c1-20-16(19)21-10-15(18)12-8-6-11(7-9-12)13-4-2-3-5-14(13)17/h2-9,18H,10H2,1H3,(H2,19,20). The lowest BCUT2D eigenvalue weighted by atomic mass is 10.0. The molecule has 0 aliphatic rings. The van der Waals surface area contributed by atoms with Crippen molar-refractivity contribution >= 4 is 22.6 Å². The van der Waals surface area contributed by atoms with Crippen LogP contribution in [0.25, 0.3) is 11.1 Å². The molecule has 2 aromatic rings. The number of aliphatic imine (C=N–C) groups is 1. The zero-order valence-corrected chi connectivity index (χ0v) is 12.5. The first-order valence-corrected chi connectivity index (χ1v) is 7.38. The van der Waals surface area contributed by atoms with Gasteiger partial charge in [-0.05, 0) is 17.2 Å². The third-order valence-corrected chi connectivity index (χ3v) is 3.91. The van der Waals surface area contributed by atoms with Crippen LogP contribution >= 0.6 is 11.8 Å². The van der Waals surface area contributed by atoms with Gasteiger partial charge >= 0.3 is 0 Å². The van der Waals surface area contributed by atoms with E-state index in [1.807, 2.05) is 24.3 Å². The molecule has 0 aliphatic heterocycles. The monoisotopic (exact) mass is 301 g/mol. The molecule has 0 saturated carbocycles. The van der Waals surface area contributed by atoms with E-state index in [1.165, 1.54) is 17.8 Å². The lowest BCUT2D eigenvalue weighted by Gasteiger charge is -2.07. The largest absolute Gasteiger partial charge is 0.379 e. The first-order valence-electron chi connectivity index (χ1n) is 6.39. The molecule has 2 rings (SSSR count). The van der Waals surface area contributed by atoms with Gasteiger partial charge in [0.2, 0.25) is 0 Å². The smallest absolute Gasteiger partial charge is 0.154 e. The maximum absolute atomic E-state index is 13.7. The van der Waals surface area contributed by atoms with Crippen molar-refractivity contribution in [2.75, 3.05) is 12.8 Å². The van der Waals surface area contributed by atoms with Crippen LogP contribution in [-0.4, -0.2) is 23.7 Å². The van der Waals surface area contributed by atoms with E-state index in [0.29, 0.717) is 22.2 Å². The van der Waals surface area contributed by atoms with Crippen molar-refractivity contribution in [3.8, 4) is 11.1 Å². The number of halogens is 1. The van der Waals surface area contributed by atoms with Gasteiger partial charge in [0.25, 0.3) is 0 Å². The molecule has 3 nitrogen and oxygen atoms in total. The number of nitrogens with one attached hydrogen (secondary N) is 1. The summed E-state index contributed by atoms with van der Waals surface area (Å²) in [6.07, 6.45) is 0. The fourth-order valence-corrected chi connectivity index (χ4v) is 2.43. The number of hydrogen-bond donors (Lipinski definition) is 2. The zero-order chi connectivity index (χ0) is 15.2. The zero-order valence-electron chi connectivity index (χ0n) is 11.6. The molecule has 0 bridgehead atoms. The van der Waals surface area contributed by atoms with Gasteiger partial charge in [0.15, 0.2) is 5.17 Å². The van der Waals surface area contributed by atoms with Crippen molar-refractivity contribution in [2.45, 2.75) is 0 Å². The molecule has 0 heterocycles. The van der Waals surface area contributed by atoms with Crippen LogP contribution in [0.1, 0.15) is 5.56 Å². The molecule has 0 aliphatic carbocycles. The number of amidine groups is 1. The fraction of sp³-hybridized carbons (Fsp3) is 0.125. The Kier molecular flexibility index (Phi) is 5.11. The van der Waals surface area contributed by atoms with Gasteiger partial charge in [-0.1, -0.05) is 54.2 Å². The van der Waals surface area contributed by atoms with Crippen molar-refractivity contribution in [2.24, 2.45) is 10.7 Å². The molecular formula is C16H16FN3S. The van der Waals surface area contributed by atoms with E-state index < -0.39 is 0 Å². The van der Waals surface area contributed by atoms with Gasteiger partial charge < -0.3 is 11.1 Å². The Morgan fingerprint density at radius 3 is 2.48 bits per heavy atom. The molecule has 5 heteroatoms. The van der Waals surface area contributed by atoms with Crippen molar-refractivity contribution < 1.29 is 4.39 Å². The topological polar surface area (TPSA) is 62.2 Å². The number of nitrogens with two attached hydrogens (primary N) is 1. The molecule has 3 N–H and O–H groups in total. The molecule has 21 heavy (non-hydrogen) atoms. The van der Waals surface area contributed by atoms with E-state index in [1.54, 1.807) is 25.2 Å². The van der Waals surface area contributed by atoms with Crippen LogP contribution in [0.15, 0.2) is 53.5 Å². The average molecular weight is 301 g/mol. The van der Waals surface area contributed by atoms with E-state index >= 15 is 0 Å². The van der Waals surface area contributed by atoms with Crippen molar-refractivity contribution in [1.29, 1.82) is 5.41 Å². The summed E-state index contributed by atoms with van der Waals surface area (Å²) in [7, 11) is 1.62. The van der Waals surface area contributed by atoms with Gasteiger partial charge in [-0.3, -0.25) is 4.99 Å². The Morgan fingerprint density at radius 1 is 1.19 bits per heavy atom.